The van der Waals surface area contributed by atoms with Crippen LogP contribution in [-0.2, 0) is 0 Å². The molecule has 0 atom stereocenters. The van der Waals surface area contributed by atoms with Gasteiger partial charge in [0, 0.05) is 11.8 Å². The highest BCUT2D eigenvalue weighted by Gasteiger charge is 2.12. The Kier molecular flexibility index (Phi) is 1.96. The number of benzene rings is 1. The minimum absolute atomic E-state index is 0.241. The average molecular weight is 212 g/mol. The number of pyridine rings is 1. The Morgan fingerprint density at radius 2 is 1.81 bits per heavy atom. The van der Waals surface area contributed by atoms with Crippen LogP contribution in [0.5, 0.6) is 0 Å². The number of fused-ring (bicyclic) bond motifs is 1. The van der Waals surface area contributed by atoms with Gasteiger partial charge in [-0.15, -0.1) is 0 Å². The fourth-order valence-electron chi connectivity index (χ4n) is 1.79. The van der Waals surface area contributed by atoms with Crippen LogP contribution in [0.4, 0.5) is 4.39 Å². The SMILES string of the molecule is Fc1c(-c2ccccc2)[nH]c2ncccc12. The van der Waals surface area contributed by atoms with Crippen LogP contribution >= 0.6 is 0 Å². The molecule has 0 aliphatic rings. The van der Waals surface area contributed by atoms with Crippen molar-refractivity contribution in [3.05, 3.63) is 54.5 Å². The molecule has 1 N–H and O–H groups in total. The first-order chi connectivity index (χ1) is 7.86. The number of aromatic amines is 1. The van der Waals surface area contributed by atoms with Crippen LogP contribution in [0.25, 0.3) is 22.3 Å². The predicted octanol–water partition coefficient (Wildman–Crippen LogP) is 3.37. The van der Waals surface area contributed by atoms with Crippen molar-refractivity contribution >= 4 is 11.0 Å². The molecule has 0 radical (unpaired) electrons. The second-order valence-corrected chi connectivity index (χ2v) is 3.58. The van der Waals surface area contributed by atoms with Crippen molar-refractivity contribution in [1.82, 2.24) is 9.97 Å². The number of hydrogen-bond donors (Lipinski definition) is 1. The van der Waals surface area contributed by atoms with E-state index in [9.17, 15) is 4.39 Å². The van der Waals surface area contributed by atoms with E-state index in [4.69, 9.17) is 0 Å². The highest BCUT2D eigenvalue weighted by molar-refractivity contribution is 5.83. The van der Waals surface area contributed by atoms with Gasteiger partial charge in [0.1, 0.15) is 5.65 Å². The lowest BCUT2D eigenvalue weighted by molar-refractivity contribution is 0.643. The summed E-state index contributed by atoms with van der Waals surface area (Å²) in [5.74, 6) is -0.241. The summed E-state index contributed by atoms with van der Waals surface area (Å²) < 4.78 is 14.0. The van der Waals surface area contributed by atoms with E-state index in [1.165, 1.54) is 0 Å². The lowest BCUT2D eigenvalue weighted by Gasteiger charge is -1.96. The van der Waals surface area contributed by atoms with E-state index in [0.29, 0.717) is 16.7 Å². The summed E-state index contributed by atoms with van der Waals surface area (Å²) in [6, 6.07) is 12.9. The highest BCUT2D eigenvalue weighted by atomic mass is 19.1. The van der Waals surface area contributed by atoms with E-state index in [1.807, 2.05) is 30.3 Å². The van der Waals surface area contributed by atoms with E-state index in [-0.39, 0.29) is 5.82 Å². The Morgan fingerprint density at radius 1 is 1.00 bits per heavy atom. The zero-order valence-corrected chi connectivity index (χ0v) is 8.44. The highest BCUT2D eigenvalue weighted by Crippen LogP contribution is 2.27. The summed E-state index contributed by atoms with van der Waals surface area (Å²) in [5, 5.41) is 0.529. The lowest BCUT2D eigenvalue weighted by atomic mass is 10.1. The fraction of sp³-hybridized carbons (Fsp3) is 0. The third-order valence-electron chi connectivity index (χ3n) is 2.57. The largest absolute Gasteiger partial charge is 0.337 e. The third kappa shape index (κ3) is 1.29. The van der Waals surface area contributed by atoms with Gasteiger partial charge < -0.3 is 4.98 Å². The number of rotatable bonds is 1. The molecule has 0 fully saturated rings. The van der Waals surface area contributed by atoms with Crippen molar-refractivity contribution in [2.24, 2.45) is 0 Å². The van der Waals surface area contributed by atoms with Crippen LogP contribution in [-0.4, -0.2) is 9.97 Å². The maximum atomic E-state index is 14.0. The predicted molar refractivity (Wildman–Crippen MR) is 61.5 cm³/mol. The number of halogens is 1. The number of H-pyrrole nitrogens is 1. The quantitative estimate of drug-likeness (QED) is 0.658. The number of nitrogens with zero attached hydrogens (tertiary/aromatic N) is 1. The summed E-state index contributed by atoms with van der Waals surface area (Å²) in [7, 11) is 0. The van der Waals surface area contributed by atoms with Crippen LogP contribution in [0.3, 0.4) is 0 Å². The normalized spacial score (nSPS) is 10.8. The number of hydrogen-bond acceptors (Lipinski definition) is 1. The first-order valence-electron chi connectivity index (χ1n) is 5.04. The van der Waals surface area contributed by atoms with Gasteiger partial charge in [0.15, 0.2) is 5.82 Å². The second kappa shape index (κ2) is 3.45. The fourth-order valence-corrected chi connectivity index (χ4v) is 1.79. The topological polar surface area (TPSA) is 28.7 Å². The van der Waals surface area contributed by atoms with Gasteiger partial charge in [-0.1, -0.05) is 30.3 Å². The molecular formula is C13H9FN2. The summed E-state index contributed by atoms with van der Waals surface area (Å²) in [6.07, 6.45) is 1.65. The standard InChI is InChI=1S/C13H9FN2/c14-11-10-7-4-8-15-13(10)16-12(11)9-5-2-1-3-6-9/h1-8H,(H,15,16). The Hall–Kier alpha value is -2.16. The van der Waals surface area contributed by atoms with E-state index >= 15 is 0 Å². The summed E-state index contributed by atoms with van der Waals surface area (Å²) in [5.41, 5.74) is 1.91. The molecule has 16 heavy (non-hydrogen) atoms. The number of nitrogens with one attached hydrogen (secondary N) is 1. The molecule has 78 valence electrons. The van der Waals surface area contributed by atoms with Crippen molar-refractivity contribution < 1.29 is 4.39 Å². The minimum Gasteiger partial charge on any atom is -0.337 e. The van der Waals surface area contributed by atoms with E-state index in [0.717, 1.165) is 5.56 Å². The van der Waals surface area contributed by atoms with Crippen LogP contribution in [0.15, 0.2) is 48.7 Å². The Morgan fingerprint density at radius 3 is 2.56 bits per heavy atom. The molecule has 0 unspecified atom stereocenters. The van der Waals surface area contributed by atoms with Gasteiger partial charge in [-0.25, -0.2) is 9.37 Å². The van der Waals surface area contributed by atoms with Crippen molar-refractivity contribution in [3.8, 4) is 11.3 Å². The van der Waals surface area contributed by atoms with Crippen molar-refractivity contribution in [3.63, 3.8) is 0 Å². The third-order valence-corrected chi connectivity index (χ3v) is 2.57. The van der Waals surface area contributed by atoms with Gasteiger partial charge in [0.05, 0.1) is 11.1 Å². The molecule has 0 amide bonds. The molecule has 0 aliphatic carbocycles. The molecule has 2 nitrogen and oxygen atoms in total. The van der Waals surface area contributed by atoms with Crippen LogP contribution in [0, 0.1) is 5.82 Å². The first-order valence-corrected chi connectivity index (χ1v) is 5.04. The van der Waals surface area contributed by atoms with Crippen molar-refractivity contribution in [2.75, 3.05) is 0 Å². The first kappa shape index (κ1) is 9.09. The molecule has 0 spiro atoms. The monoisotopic (exact) mass is 212 g/mol. The summed E-state index contributed by atoms with van der Waals surface area (Å²) in [4.78, 5) is 7.09. The summed E-state index contributed by atoms with van der Waals surface area (Å²) in [6.45, 7) is 0. The molecule has 2 aromatic heterocycles. The molecule has 0 saturated carbocycles. The lowest BCUT2D eigenvalue weighted by Crippen LogP contribution is -1.79. The Bertz CT molecular complexity index is 629. The van der Waals surface area contributed by atoms with Crippen molar-refractivity contribution in [1.29, 1.82) is 0 Å². The molecule has 3 rings (SSSR count). The molecule has 2 heterocycles. The zero-order valence-electron chi connectivity index (χ0n) is 8.44. The zero-order chi connectivity index (χ0) is 11.0. The Balaban J connectivity index is 2.29. The molecule has 3 aromatic rings. The van der Waals surface area contributed by atoms with Crippen molar-refractivity contribution in [2.45, 2.75) is 0 Å². The van der Waals surface area contributed by atoms with Gasteiger partial charge in [0.25, 0.3) is 0 Å². The van der Waals surface area contributed by atoms with E-state index in [2.05, 4.69) is 9.97 Å². The van der Waals surface area contributed by atoms with Gasteiger partial charge in [-0.05, 0) is 12.1 Å². The molecule has 1 aromatic carbocycles. The van der Waals surface area contributed by atoms with Gasteiger partial charge >= 0.3 is 0 Å². The minimum atomic E-state index is -0.241. The molecule has 0 bridgehead atoms. The van der Waals surface area contributed by atoms with E-state index < -0.39 is 0 Å². The second-order valence-electron chi connectivity index (χ2n) is 3.58. The smallest absolute Gasteiger partial charge is 0.158 e. The van der Waals surface area contributed by atoms with E-state index in [1.54, 1.807) is 18.3 Å². The molecule has 0 aliphatic heterocycles. The molecule has 0 saturated heterocycles. The van der Waals surface area contributed by atoms with Crippen LogP contribution in [0.1, 0.15) is 0 Å². The maximum absolute atomic E-state index is 14.0. The van der Waals surface area contributed by atoms with Crippen LogP contribution in [0.2, 0.25) is 0 Å². The summed E-state index contributed by atoms with van der Waals surface area (Å²) >= 11 is 0. The average Bonchev–Trinajstić information content (AvgIpc) is 2.69. The number of aromatic nitrogens is 2. The Labute approximate surface area is 91.8 Å². The molecule has 3 heteroatoms. The molecular weight excluding hydrogens is 203 g/mol. The van der Waals surface area contributed by atoms with Crippen LogP contribution < -0.4 is 0 Å². The van der Waals surface area contributed by atoms with Gasteiger partial charge in [-0.2, -0.15) is 0 Å². The van der Waals surface area contributed by atoms with Gasteiger partial charge in [0.2, 0.25) is 0 Å². The maximum Gasteiger partial charge on any atom is 0.158 e. The van der Waals surface area contributed by atoms with Gasteiger partial charge in [-0.3, -0.25) is 0 Å².